The number of sulfonamides is 1. The average molecular weight is 460 g/mol. The van der Waals surface area contributed by atoms with Crippen molar-refractivity contribution < 1.29 is 30.8 Å². The number of halogens is 5. The fraction of sp³-hybridized carbons (Fsp3) is 0.267. The lowest BCUT2D eigenvalue weighted by Crippen LogP contribution is -2.41. The van der Waals surface area contributed by atoms with Crippen LogP contribution in [0, 0.1) is 12.7 Å². The molecule has 0 spiro atoms. The maximum atomic E-state index is 13.9. The number of anilines is 1. The third kappa shape index (κ3) is 4.62. The number of nitrogens with zero attached hydrogens (tertiary/aromatic N) is 1. The summed E-state index contributed by atoms with van der Waals surface area (Å²) < 4.78 is 78.4. The number of benzene rings is 1. The molecule has 1 aromatic heterocycles. The van der Waals surface area contributed by atoms with Gasteiger partial charge in [0.25, 0.3) is 5.91 Å². The van der Waals surface area contributed by atoms with Crippen molar-refractivity contribution in [3.05, 3.63) is 46.5 Å². The standard InChI is InChI=1S/C15H14ClF4N3O3S2/c1-7-4-3-5-8(17)11(7)21-13(24)12-10(16)9(6-23(12)2)28(25,26)22-14(27)15(18,19)20/h3-6,14,22,27H,1-2H3,(H,21,24)/t14-/m1/s1. The van der Waals surface area contributed by atoms with Gasteiger partial charge in [0.1, 0.15) is 16.4 Å². The molecular weight excluding hydrogens is 446 g/mol. The molecule has 0 unspecified atom stereocenters. The lowest BCUT2D eigenvalue weighted by Gasteiger charge is -2.16. The number of aromatic nitrogens is 1. The van der Waals surface area contributed by atoms with Gasteiger partial charge in [0.15, 0.2) is 5.37 Å². The minimum atomic E-state index is -4.94. The third-order valence-electron chi connectivity index (χ3n) is 3.63. The highest BCUT2D eigenvalue weighted by Crippen LogP contribution is 2.31. The summed E-state index contributed by atoms with van der Waals surface area (Å²) >= 11 is 9.12. The molecule has 0 aliphatic carbocycles. The van der Waals surface area contributed by atoms with Crippen molar-refractivity contribution in [1.29, 1.82) is 0 Å². The Hall–Kier alpha value is -1.76. The zero-order valence-corrected chi connectivity index (χ0v) is 16.8. The van der Waals surface area contributed by atoms with Crippen molar-refractivity contribution in [1.82, 2.24) is 9.29 Å². The summed E-state index contributed by atoms with van der Waals surface area (Å²) in [5.41, 5.74) is -0.122. The van der Waals surface area contributed by atoms with Gasteiger partial charge in [0, 0.05) is 13.2 Å². The molecule has 0 fully saturated rings. The van der Waals surface area contributed by atoms with E-state index in [2.05, 4.69) is 17.9 Å². The number of rotatable bonds is 5. The molecule has 0 bridgehead atoms. The Morgan fingerprint density at radius 3 is 2.46 bits per heavy atom. The third-order valence-corrected chi connectivity index (χ3v) is 6.16. The van der Waals surface area contributed by atoms with E-state index in [0.29, 0.717) is 5.56 Å². The number of alkyl halides is 3. The molecule has 0 aliphatic heterocycles. The number of nitrogens with one attached hydrogen (secondary N) is 2. The SMILES string of the molecule is Cc1cccc(F)c1NC(=O)c1c(Cl)c(S(=O)(=O)N[C@H](S)C(F)(F)F)cn1C. The van der Waals surface area contributed by atoms with E-state index in [1.807, 2.05) is 0 Å². The molecule has 1 atom stereocenters. The van der Waals surface area contributed by atoms with Gasteiger partial charge in [-0.15, -0.1) is 0 Å². The van der Waals surface area contributed by atoms with E-state index >= 15 is 0 Å². The molecule has 2 aromatic rings. The van der Waals surface area contributed by atoms with Crippen LogP contribution in [-0.2, 0) is 17.1 Å². The molecule has 13 heteroatoms. The topological polar surface area (TPSA) is 80.2 Å². The number of hydrogen-bond donors (Lipinski definition) is 3. The summed E-state index contributed by atoms with van der Waals surface area (Å²) in [6, 6.07) is 4.08. The molecule has 0 aliphatic rings. The minimum absolute atomic E-state index is 0.139. The summed E-state index contributed by atoms with van der Waals surface area (Å²) in [5, 5.41) is -1.02. The number of carbonyl (C=O) groups excluding carboxylic acids is 1. The molecule has 1 aromatic carbocycles. The Balaban J connectivity index is 2.39. The maximum absolute atomic E-state index is 13.9. The van der Waals surface area contributed by atoms with Crippen LogP contribution in [0.5, 0.6) is 0 Å². The normalized spacial score (nSPS) is 13.4. The van der Waals surface area contributed by atoms with Crippen LogP contribution in [0.1, 0.15) is 16.1 Å². The minimum Gasteiger partial charge on any atom is -0.344 e. The van der Waals surface area contributed by atoms with Crippen LogP contribution in [0.15, 0.2) is 29.3 Å². The second-order valence-corrected chi connectivity index (χ2v) is 8.29. The van der Waals surface area contributed by atoms with E-state index in [1.54, 1.807) is 0 Å². The van der Waals surface area contributed by atoms with Crippen molar-refractivity contribution in [3.8, 4) is 0 Å². The largest absolute Gasteiger partial charge is 0.413 e. The highest BCUT2D eigenvalue weighted by atomic mass is 35.5. The monoisotopic (exact) mass is 459 g/mol. The second kappa shape index (κ2) is 7.93. The molecular formula is C15H14ClF4N3O3S2. The van der Waals surface area contributed by atoms with Crippen LogP contribution in [-0.4, -0.2) is 30.4 Å². The van der Waals surface area contributed by atoms with Gasteiger partial charge in [-0.05, 0) is 18.6 Å². The molecule has 154 valence electrons. The van der Waals surface area contributed by atoms with Gasteiger partial charge in [-0.3, -0.25) is 4.79 Å². The van der Waals surface area contributed by atoms with Gasteiger partial charge in [-0.1, -0.05) is 23.7 Å². The second-order valence-electron chi connectivity index (χ2n) is 5.72. The number of hydrogen-bond acceptors (Lipinski definition) is 4. The van der Waals surface area contributed by atoms with Crippen molar-refractivity contribution in [2.45, 2.75) is 23.4 Å². The molecule has 6 nitrogen and oxygen atoms in total. The summed E-state index contributed by atoms with van der Waals surface area (Å²) in [6.07, 6.45) is -4.08. The van der Waals surface area contributed by atoms with Gasteiger partial charge >= 0.3 is 6.18 Å². The zero-order chi connectivity index (χ0) is 21.4. The van der Waals surface area contributed by atoms with E-state index in [1.165, 1.54) is 30.8 Å². The van der Waals surface area contributed by atoms with Crippen LogP contribution in [0.25, 0.3) is 0 Å². The van der Waals surface area contributed by atoms with Gasteiger partial charge in [0.05, 0.1) is 10.7 Å². The highest BCUT2D eigenvalue weighted by Gasteiger charge is 2.41. The summed E-state index contributed by atoms with van der Waals surface area (Å²) in [7, 11) is -3.49. The maximum Gasteiger partial charge on any atom is 0.413 e. The van der Waals surface area contributed by atoms with Crippen LogP contribution >= 0.6 is 24.2 Å². The van der Waals surface area contributed by atoms with E-state index in [9.17, 15) is 30.8 Å². The lowest BCUT2D eigenvalue weighted by molar-refractivity contribution is -0.130. The number of para-hydroxylation sites is 1. The fourth-order valence-electron chi connectivity index (χ4n) is 2.26. The van der Waals surface area contributed by atoms with Gasteiger partial charge in [-0.25, -0.2) is 12.8 Å². The summed E-state index contributed by atoms with van der Waals surface area (Å²) in [5.74, 6) is -1.67. The lowest BCUT2D eigenvalue weighted by atomic mass is 10.2. The Bertz CT molecular complexity index is 1000. The Morgan fingerprint density at radius 1 is 1.32 bits per heavy atom. The first-order valence-corrected chi connectivity index (χ1v) is 9.82. The summed E-state index contributed by atoms with van der Waals surface area (Å²) in [6.45, 7) is 1.54. The molecule has 2 N–H and O–H groups in total. The molecule has 0 radical (unpaired) electrons. The van der Waals surface area contributed by atoms with Crippen LogP contribution in [0.4, 0.5) is 23.2 Å². The van der Waals surface area contributed by atoms with Gasteiger partial charge in [-0.2, -0.15) is 30.5 Å². The van der Waals surface area contributed by atoms with Crippen LogP contribution < -0.4 is 10.0 Å². The number of carbonyl (C=O) groups is 1. The van der Waals surface area contributed by atoms with Crippen molar-refractivity contribution >= 4 is 45.8 Å². The van der Waals surface area contributed by atoms with E-state index < -0.39 is 43.2 Å². The first-order valence-electron chi connectivity index (χ1n) is 7.44. The first-order chi connectivity index (χ1) is 12.8. The average Bonchev–Trinajstić information content (AvgIpc) is 2.85. The van der Waals surface area contributed by atoms with E-state index in [0.717, 1.165) is 16.8 Å². The first kappa shape index (κ1) is 22.5. The van der Waals surface area contributed by atoms with Crippen LogP contribution in [0.2, 0.25) is 5.02 Å². The quantitative estimate of drug-likeness (QED) is 0.364. The van der Waals surface area contributed by atoms with Crippen LogP contribution in [0.3, 0.4) is 0 Å². The molecule has 28 heavy (non-hydrogen) atoms. The smallest absolute Gasteiger partial charge is 0.344 e. The Kier molecular flexibility index (Phi) is 6.38. The number of aryl methyl sites for hydroxylation is 2. The highest BCUT2D eigenvalue weighted by molar-refractivity contribution is 7.91. The number of amides is 1. The molecule has 1 amide bonds. The van der Waals surface area contributed by atoms with Gasteiger partial charge < -0.3 is 9.88 Å². The van der Waals surface area contributed by atoms with Gasteiger partial charge in [0.2, 0.25) is 10.0 Å². The van der Waals surface area contributed by atoms with E-state index in [-0.39, 0.29) is 11.4 Å². The van der Waals surface area contributed by atoms with Crippen molar-refractivity contribution in [2.24, 2.45) is 7.05 Å². The number of thiol groups is 1. The Morgan fingerprint density at radius 2 is 1.93 bits per heavy atom. The molecule has 0 saturated carbocycles. The van der Waals surface area contributed by atoms with E-state index in [4.69, 9.17) is 11.6 Å². The molecule has 0 saturated heterocycles. The predicted octanol–water partition coefficient (Wildman–Crippen LogP) is 3.47. The Labute approximate surface area is 168 Å². The van der Waals surface area contributed by atoms with Crippen molar-refractivity contribution in [2.75, 3.05) is 5.32 Å². The summed E-state index contributed by atoms with van der Waals surface area (Å²) in [4.78, 5) is 11.7. The molecule has 2 rings (SSSR count). The molecule has 1 heterocycles. The fourth-order valence-corrected chi connectivity index (χ4v) is 4.43. The zero-order valence-electron chi connectivity index (χ0n) is 14.3. The predicted molar refractivity (Wildman–Crippen MR) is 98.7 cm³/mol. The van der Waals surface area contributed by atoms with Crippen molar-refractivity contribution in [3.63, 3.8) is 0 Å².